The second-order valence-electron chi connectivity index (χ2n) is 5.00. The summed E-state index contributed by atoms with van der Waals surface area (Å²) in [6.45, 7) is -0.0253. The normalized spacial score (nSPS) is 10.4. The molecule has 0 bridgehead atoms. The first kappa shape index (κ1) is 15.7. The van der Waals surface area contributed by atoms with Gasteiger partial charge in [-0.15, -0.1) is 10.2 Å². The highest BCUT2D eigenvalue weighted by atomic mass is 16.5. The van der Waals surface area contributed by atoms with Crippen molar-refractivity contribution in [3.63, 3.8) is 0 Å². The van der Waals surface area contributed by atoms with Crippen LogP contribution in [0.4, 0.5) is 0 Å². The van der Waals surface area contributed by atoms with Crippen molar-refractivity contribution in [2.24, 2.45) is 0 Å². The average Bonchev–Trinajstić information content (AvgIpc) is 3.10. The van der Waals surface area contributed by atoms with Gasteiger partial charge in [0.25, 0.3) is 0 Å². The van der Waals surface area contributed by atoms with E-state index in [-0.39, 0.29) is 12.3 Å². The Morgan fingerprint density at radius 1 is 1.08 bits per heavy atom. The molecule has 1 heterocycles. The molecule has 7 nitrogen and oxygen atoms in total. The van der Waals surface area contributed by atoms with E-state index in [9.17, 15) is 4.79 Å². The van der Waals surface area contributed by atoms with Crippen LogP contribution < -0.4 is 9.47 Å². The van der Waals surface area contributed by atoms with Crippen LogP contribution in [0.2, 0.25) is 0 Å². The second kappa shape index (κ2) is 6.91. The minimum Gasteiger partial charge on any atom is -0.497 e. The molecule has 0 radical (unpaired) electrons. The van der Waals surface area contributed by atoms with Gasteiger partial charge < -0.3 is 9.47 Å². The number of carbonyl (C=O) groups excluding carboxylic acids is 1. The summed E-state index contributed by atoms with van der Waals surface area (Å²) in [7, 11) is 3.06. The first-order chi connectivity index (χ1) is 11.7. The van der Waals surface area contributed by atoms with Crippen molar-refractivity contribution in [3.05, 3.63) is 54.1 Å². The zero-order valence-corrected chi connectivity index (χ0v) is 13.3. The molecule has 0 fully saturated rings. The molecule has 0 aliphatic carbocycles. The van der Waals surface area contributed by atoms with Crippen LogP contribution in [0.1, 0.15) is 10.4 Å². The minimum atomic E-state index is -0.175. The number of benzene rings is 2. The molecule has 3 rings (SSSR count). The zero-order chi connectivity index (χ0) is 16.9. The van der Waals surface area contributed by atoms with E-state index >= 15 is 0 Å². The monoisotopic (exact) mass is 324 g/mol. The van der Waals surface area contributed by atoms with Crippen LogP contribution in [0.5, 0.6) is 11.5 Å². The number of aromatic nitrogens is 4. The minimum absolute atomic E-state index is 0.0253. The summed E-state index contributed by atoms with van der Waals surface area (Å²) in [5.74, 6) is 1.37. The molecule has 0 amide bonds. The highest BCUT2D eigenvalue weighted by Crippen LogP contribution is 2.25. The molecule has 0 unspecified atom stereocenters. The van der Waals surface area contributed by atoms with Crippen molar-refractivity contribution in [3.8, 4) is 22.9 Å². The van der Waals surface area contributed by atoms with Gasteiger partial charge >= 0.3 is 0 Å². The van der Waals surface area contributed by atoms with Gasteiger partial charge in [0.1, 0.15) is 18.0 Å². The number of tetrazole rings is 1. The highest BCUT2D eigenvalue weighted by Gasteiger charge is 2.16. The lowest BCUT2D eigenvalue weighted by molar-refractivity contribution is 0.0958. The van der Waals surface area contributed by atoms with Gasteiger partial charge in [-0.2, -0.15) is 4.80 Å². The lowest BCUT2D eigenvalue weighted by Gasteiger charge is -2.09. The van der Waals surface area contributed by atoms with Gasteiger partial charge in [-0.05, 0) is 17.3 Å². The van der Waals surface area contributed by atoms with Crippen LogP contribution in [0.25, 0.3) is 11.4 Å². The molecule has 0 spiro atoms. The summed E-state index contributed by atoms with van der Waals surface area (Å²) in [6, 6.07) is 14.5. The smallest absolute Gasteiger partial charge is 0.204 e. The van der Waals surface area contributed by atoms with Crippen molar-refractivity contribution in [2.45, 2.75) is 6.54 Å². The lowest BCUT2D eigenvalue weighted by Crippen LogP contribution is -2.14. The predicted octanol–water partition coefficient (Wildman–Crippen LogP) is 2.24. The SMILES string of the molecule is COc1ccc(C(=O)Cn2nnc(-c3ccccc3)n2)c(OC)c1. The number of methoxy groups -OCH3 is 2. The Bertz CT molecular complexity index is 846. The molecule has 2 aromatic carbocycles. The van der Waals surface area contributed by atoms with Crippen LogP contribution in [-0.2, 0) is 6.54 Å². The number of hydrogen-bond acceptors (Lipinski definition) is 6. The molecule has 0 aliphatic heterocycles. The van der Waals surface area contributed by atoms with E-state index in [1.807, 2.05) is 30.3 Å². The maximum atomic E-state index is 12.5. The van der Waals surface area contributed by atoms with E-state index in [0.29, 0.717) is 22.9 Å². The number of ketones is 1. The third-order valence-electron chi connectivity index (χ3n) is 3.48. The number of nitrogens with zero attached hydrogens (tertiary/aromatic N) is 4. The number of hydrogen-bond donors (Lipinski definition) is 0. The molecule has 3 aromatic rings. The summed E-state index contributed by atoms with van der Waals surface area (Å²) in [5, 5.41) is 12.2. The molecule has 7 heteroatoms. The predicted molar refractivity (Wildman–Crippen MR) is 87.1 cm³/mol. The molecule has 0 atom stereocenters. The van der Waals surface area contributed by atoms with E-state index < -0.39 is 0 Å². The Hall–Kier alpha value is -3.22. The van der Waals surface area contributed by atoms with Crippen molar-refractivity contribution >= 4 is 5.78 Å². The van der Waals surface area contributed by atoms with Crippen molar-refractivity contribution < 1.29 is 14.3 Å². The van der Waals surface area contributed by atoms with Gasteiger partial charge in [0.05, 0.1) is 19.8 Å². The van der Waals surface area contributed by atoms with Crippen molar-refractivity contribution in [1.82, 2.24) is 20.2 Å². The molecular weight excluding hydrogens is 308 g/mol. The van der Waals surface area contributed by atoms with Crippen molar-refractivity contribution in [1.29, 1.82) is 0 Å². The molecule has 24 heavy (non-hydrogen) atoms. The van der Waals surface area contributed by atoms with E-state index in [0.717, 1.165) is 5.56 Å². The zero-order valence-electron chi connectivity index (χ0n) is 13.3. The fourth-order valence-corrected chi connectivity index (χ4v) is 2.26. The van der Waals surface area contributed by atoms with Gasteiger partial charge in [-0.3, -0.25) is 4.79 Å². The van der Waals surface area contributed by atoms with E-state index in [1.54, 1.807) is 25.3 Å². The second-order valence-corrected chi connectivity index (χ2v) is 5.00. The van der Waals surface area contributed by atoms with E-state index in [4.69, 9.17) is 9.47 Å². The molecule has 122 valence electrons. The largest absolute Gasteiger partial charge is 0.497 e. The van der Waals surface area contributed by atoms with Gasteiger partial charge in [-0.25, -0.2) is 0 Å². The van der Waals surface area contributed by atoms with E-state index in [1.165, 1.54) is 11.9 Å². The van der Waals surface area contributed by atoms with Crippen LogP contribution in [-0.4, -0.2) is 40.2 Å². The Morgan fingerprint density at radius 2 is 1.88 bits per heavy atom. The number of Topliss-reactive ketones (excluding diaryl/α,β-unsaturated/α-hetero) is 1. The maximum absolute atomic E-state index is 12.5. The Morgan fingerprint density at radius 3 is 2.58 bits per heavy atom. The third kappa shape index (κ3) is 3.24. The summed E-state index contributed by atoms with van der Waals surface area (Å²) in [4.78, 5) is 13.8. The van der Waals surface area contributed by atoms with Gasteiger partial charge in [0.15, 0.2) is 5.78 Å². The van der Waals surface area contributed by atoms with Gasteiger partial charge in [-0.1, -0.05) is 30.3 Å². The number of rotatable bonds is 6. The summed E-state index contributed by atoms with van der Waals surface area (Å²) >= 11 is 0. The molecule has 0 aliphatic rings. The first-order valence-electron chi connectivity index (χ1n) is 7.29. The summed E-state index contributed by atoms with van der Waals surface area (Å²) in [5.41, 5.74) is 1.29. The van der Waals surface area contributed by atoms with E-state index in [2.05, 4.69) is 15.4 Å². The van der Waals surface area contributed by atoms with Crippen LogP contribution in [0, 0.1) is 0 Å². The third-order valence-corrected chi connectivity index (χ3v) is 3.48. The molecule has 1 aromatic heterocycles. The quantitative estimate of drug-likeness (QED) is 0.647. The van der Waals surface area contributed by atoms with Crippen LogP contribution >= 0.6 is 0 Å². The first-order valence-corrected chi connectivity index (χ1v) is 7.29. The number of ether oxygens (including phenoxy) is 2. The maximum Gasteiger partial charge on any atom is 0.204 e. The number of carbonyl (C=O) groups is 1. The Balaban J connectivity index is 1.79. The molecule has 0 saturated carbocycles. The van der Waals surface area contributed by atoms with Gasteiger partial charge in [0.2, 0.25) is 5.82 Å². The Kier molecular flexibility index (Phi) is 4.51. The summed E-state index contributed by atoms with van der Waals surface area (Å²) < 4.78 is 10.4. The van der Waals surface area contributed by atoms with Crippen LogP contribution in [0.15, 0.2) is 48.5 Å². The topological polar surface area (TPSA) is 79.1 Å². The molecule has 0 saturated heterocycles. The lowest BCUT2D eigenvalue weighted by atomic mass is 10.1. The van der Waals surface area contributed by atoms with Gasteiger partial charge in [0, 0.05) is 11.6 Å². The highest BCUT2D eigenvalue weighted by molar-refractivity contribution is 5.98. The summed E-state index contributed by atoms with van der Waals surface area (Å²) in [6.07, 6.45) is 0. The standard InChI is InChI=1S/C17H16N4O3/c1-23-13-8-9-14(16(10-13)24-2)15(22)11-21-19-17(18-20-21)12-6-4-3-5-7-12/h3-10H,11H2,1-2H3. The molecule has 0 N–H and O–H groups in total. The fourth-order valence-electron chi connectivity index (χ4n) is 2.26. The van der Waals surface area contributed by atoms with Crippen LogP contribution in [0.3, 0.4) is 0 Å². The molecular formula is C17H16N4O3. The average molecular weight is 324 g/mol. The fraction of sp³-hybridized carbons (Fsp3) is 0.176. The van der Waals surface area contributed by atoms with Crippen molar-refractivity contribution in [2.75, 3.05) is 14.2 Å². The Labute approximate surface area is 138 Å².